The number of aromatic nitrogens is 2. The molecule has 0 saturated heterocycles. The van der Waals surface area contributed by atoms with Crippen LogP contribution < -0.4 is 24.7 Å². The monoisotopic (exact) mass is 449 g/mol. The Balaban J connectivity index is 2.00. The van der Waals surface area contributed by atoms with Crippen molar-refractivity contribution < 1.29 is 23.9 Å². The quantitative estimate of drug-likeness (QED) is 0.425. The molecule has 1 atom stereocenters. The van der Waals surface area contributed by atoms with E-state index in [0.717, 1.165) is 0 Å². The normalized spacial score (nSPS) is 14.7. The number of benzene rings is 2. The van der Waals surface area contributed by atoms with Crippen molar-refractivity contribution in [1.82, 2.24) is 10.2 Å². The number of hydrogen-bond acceptors (Lipinski definition) is 9. The number of rotatable bonds is 6. The predicted octanol–water partition coefficient (Wildman–Crippen LogP) is 3.23. The van der Waals surface area contributed by atoms with E-state index in [1.54, 1.807) is 24.3 Å². The summed E-state index contributed by atoms with van der Waals surface area (Å²) in [6.45, 7) is 0. The molecule has 168 valence electrons. The molecule has 1 aliphatic rings. The molecule has 1 aromatic heterocycles. The molecule has 0 saturated carbocycles. The van der Waals surface area contributed by atoms with Gasteiger partial charge in [-0.15, -0.1) is 5.10 Å². The van der Waals surface area contributed by atoms with Crippen molar-refractivity contribution in [2.75, 3.05) is 21.3 Å². The molecule has 0 unspecified atom stereocenters. The second kappa shape index (κ2) is 8.43. The molecule has 1 aliphatic heterocycles. The van der Waals surface area contributed by atoms with Gasteiger partial charge in [-0.25, -0.2) is 0 Å². The van der Waals surface area contributed by atoms with Crippen LogP contribution >= 0.6 is 0 Å². The van der Waals surface area contributed by atoms with Crippen molar-refractivity contribution >= 4 is 5.69 Å². The van der Waals surface area contributed by atoms with Gasteiger partial charge in [0.15, 0.2) is 11.5 Å². The molecule has 0 radical (unpaired) electrons. The highest BCUT2D eigenvalue weighted by molar-refractivity contribution is 5.73. The molecule has 3 aromatic rings. The van der Waals surface area contributed by atoms with Crippen molar-refractivity contribution in [2.24, 2.45) is 5.73 Å². The summed E-state index contributed by atoms with van der Waals surface area (Å²) in [6.07, 6.45) is 0. The summed E-state index contributed by atoms with van der Waals surface area (Å²) in [4.78, 5) is 10.8. The van der Waals surface area contributed by atoms with E-state index in [9.17, 15) is 15.4 Å². The zero-order valence-electron chi connectivity index (χ0n) is 17.9. The lowest BCUT2D eigenvalue weighted by molar-refractivity contribution is -0.384. The standard InChI is InChI=1S/C22H19N5O6/c1-30-15-9-17(32-3)16(31-2)8-13(15)18-14(10-23)21(24)33-22-19(18)20(25-26-22)11-5-4-6-12(7-11)27(28)29/h4-9,18H,24H2,1-3H3,(H,25,26)/t18-/m0/s1. The number of allylic oxidation sites excluding steroid dienone is 1. The summed E-state index contributed by atoms with van der Waals surface area (Å²) >= 11 is 0. The molecule has 2 aromatic carbocycles. The van der Waals surface area contributed by atoms with Gasteiger partial charge >= 0.3 is 0 Å². The molecule has 0 fully saturated rings. The molecule has 0 bridgehead atoms. The fourth-order valence-corrected chi connectivity index (χ4v) is 3.83. The van der Waals surface area contributed by atoms with Gasteiger partial charge in [-0.1, -0.05) is 12.1 Å². The molecule has 11 heteroatoms. The number of nitro benzene ring substituents is 1. The van der Waals surface area contributed by atoms with Crippen molar-refractivity contribution in [3.63, 3.8) is 0 Å². The second-order valence-corrected chi connectivity index (χ2v) is 7.00. The molecule has 0 aliphatic carbocycles. The summed E-state index contributed by atoms with van der Waals surface area (Å²) in [7, 11) is 4.48. The minimum absolute atomic E-state index is 0.0941. The lowest BCUT2D eigenvalue weighted by Crippen LogP contribution is -2.21. The van der Waals surface area contributed by atoms with Gasteiger partial charge in [0.25, 0.3) is 5.69 Å². The van der Waals surface area contributed by atoms with Gasteiger partial charge < -0.3 is 24.7 Å². The van der Waals surface area contributed by atoms with Gasteiger partial charge in [0.1, 0.15) is 17.4 Å². The number of aromatic amines is 1. The molecule has 2 heterocycles. The second-order valence-electron chi connectivity index (χ2n) is 7.00. The topological polar surface area (TPSA) is 159 Å². The number of non-ortho nitro benzene ring substituents is 1. The molecule has 3 N–H and O–H groups in total. The maximum Gasteiger partial charge on any atom is 0.270 e. The molecule has 33 heavy (non-hydrogen) atoms. The largest absolute Gasteiger partial charge is 0.496 e. The highest BCUT2D eigenvalue weighted by atomic mass is 16.6. The Morgan fingerprint density at radius 3 is 2.48 bits per heavy atom. The van der Waals surface area contributed by atoms with E-state index in [0.29, 0.717) is 39.6 Å². The first-order valence-corrected chi connectivity index (χ1v) is 9.64. The third kappa shape index (κ3) is 3.53. The molecular weight excluding hydrogens is 430 g/mol. The van der Waals surface area contributed by atoms with Crippen LogP contribution in [0, 0.1) is 21.4 Å². The SMILES string of the molecule is COc1cc(OC)c([C@H]2C(C#N)=C(N)Oc3n[nH]c(-c4cccc([N+](=O)[O-])c4)c32)cc1OC. The highest BCUT2D eigenvalue weighted by Crippen LogP contribution is 2.50. The Kier molecular flexibility index (Phi) is 5.49. The lowest BCUT2D eigenvalue weighted by Gasteiger charge is -2.26. The molecule has 11 nitrogen and oxygen atoms in total. The molecule has 4 rings (SSSR count). The van der Waals surface area contributed by atoms with Crippen LogP contribution in [0.1, 0.15) is 17.0 Å². The van der Waals surface area contributed by atoms with Crippen LogP contribution in [0.4, 0.5) is 5.69 Å². The van der Waals surface area contributed by atoms with Gasteiger partial charge in [0.05, 0.1) is 43.4 Å². The van der Waals surface area contributed by atoms with Crippen LogP contribution in [0.25, 0.3) is 11.3 Å². The first-order valence-electron chi connectivity index (χ1n) is 9.64. The zero-order valence-corrected chi connectivity index (χ0v) is 17.9. The third-order valence-corrected chi connectivity index (χ3v) is 5.33. The zero-order chi connectivity index (χ0) is 23.7. The lowest BCUT2D eigenvalue weighted by atomic mass is 9.82. The summed E-state index contributed by atoms with van der Waals surface area (Å²) in [5, 5.41) is 28.3. The Hall–Kier alpha value is -4.72. The number of methoxy groups -OCH3 is 3. The summed E-state index contributed by atoms with van der Waals surface area (Å²) in [6, 6.07) is 11.5. The van der Waals surface area contributed by atoms with E-state index in [2.05, 4.69) is 16.3 Å². The van der Waals surface area contributed by atoms with Crippen molar-refractivity contribution in [1.29, 1.82) is 5.26 Å². The average molecular weight is 449 g/mol. The summed E-state index contributed by atoms with van der Waals surface area (Å²) in [5.41, 5.74) is 8.05. The van der Waals surface area contributed by atoms with Gasteiger partial charge in [0.2, 0.25) is 11.8 Å². The minimum Gasteiger partial charge on any atom is -0.496 e. The third-order valence-electron chi connectivity index (χ3n) is 5.33. The van der Waals surface area contributed by atoms with E-state index < -0.39 is 10.8 Å². The Morgan fingerprint density at radius 2 is 1.85 bits per heavy atom. The van der Waals surface area contributed by atoms with Crippen molar-refractivity contribution in [2.45, 2.75) is 5.92 Å². The fourth-order valence-electron chi connectivity index (χ4n) is 3.83. The maximum absolute atomic E-state index is 11.3. The molecule has 0 spiro atoms. The maximum atomic E-state index is 11.3. The highest BCUT2D eigenvalue weighted by Gasteiger charge is 2.38. The van der Waals surface area contributed by atoms with E-state index >= 15 is 0 Å². The molecule has 0 amide bonds. The number of H-pyrrole nitrogens is 1. The smallest absolute Gasteiger partial charge is 0.270 e. The van der Waals surface area contributed by atoms with Crippen LogP contribution in [0.3, 0.4) is 0 Å². The van der Waals surface area contributed by atoms with Crippen molar-refractivity contribution in [3.05, 3.63) is 69.1 Å². The van der Waals surface area contributed by atoms with Crippen LogP contribution in [-0.2, 0) is 0 Å². The number of fused-ring (bicyclic) bond motifs is 1. The van der Waals surface area contributed by atoms with Crippen LogP contribution in [0.5, 0.6) is 23.1 Å². The van der Waals surface area contributed by atoms with Crippen LogP contribution in [0.15, 0.2) is 47.9 Å². The number of nitrogens with two attached hydrogens (primary N) is 1. The first kappa shape index (κ1) is 21.5. The van der Waals surface area contributed by atoms with Crippen molar-refractivity contribution in [3.8, 4) is 40.5 Å². The Labute approximate surface area is 188 Å². The Morgan fingerprint density at radius 1 is 1.15 bits per heavy atom. The van der Waals surface area contributed by atoms with E-state index in [1.807, 2.05) is 0 Å². The van der Waals surface area contributed by atoms with E-state index in [-0.39, 0.29) is 23.0 Å². The predicted molar refractivity (Wildman–Crippen MR) is 116 cm³/mol. The number of ether oxygens (including phenoxy) is 4. The summed E-state index contributed by atoms with van der Waals surface area (Å²) < 4.78 is 22.0. The fraction of sp³-hybridized carbons (Fsp3) is 0.182. The van der Waals surface area contributed by atoms with Gasteiger partial charge in [-0.2, -0.15) is 5.26 Å². The Bertz CT molecular complexity index is 1320. The first-order chi connectivity index (χ1) is 15.9. The van der Waals surface area contributed by atoms with E-state index in [1.165, 1.54) is 33.5 Å². The number of nitriles is 1. The number of hydrogen-bond donors (Lipinski definition) is 2. The van der Waals surface area contributed by atoms with E-state index in [4.69, 9.17) is 24.7 Å². The number of nitrogens with zero attached hydrogens (tertiary/aromatic N) is 3. The van der Waals surface area contributed by atoms with Gasteiger partial charge in [-0.05, 0) is 6.07 Å². The van der Waals surface area contributed by atoms with Crippen LogP contribution in [0.2, 0.25) is 0 Å². The number of nitro groups is 1. The average Bonchev–Trinajstić information content (AvgIpc) is 3.25. The minimum atomic E-state index is -0.762. The number of nitrogens with one attached hydrogen (secondary N) is 1. The molecular formula is C22H19N5O6. The summed E-state index contributed by atoms with van der Waals surface area (Å²) in [5.74, 6) is 0.544. The van der Waals surface area contributed by atoms with Gasteiger partial charge in [0, 0.05) is 29.3 Å². The van der Waals surface area contributed by atoms with Crippen LogP contribution in [-0.4, -0.2) is 36.5 Å². The van der Waals surface area contributed by atoms with Gasteiger partial charge in [-0.3, -0.25) is 15.2 Å².